The number of ketones is 2. The summed E-state index contributed by atoms with van der Waals surface area (Å²) in [6.07, 6.45) is 10.8. The summed E-state index contributed by atoms with van der Waals surface area (Å²) >= 11 is 0. The first kappa shape index (κ1) is 40.4. The minimum absolute atomic E-state index is 0.0171. The maximum atomic E-state index is 15.1. The molecule has 2 unspecified atom stereocenters. The quantitative estimate of drug-likeness (QED) is 0.111. The lowest BCUT2D eigenvalue weighted by Crippen LogP contribution is -2.55. The number of ether oxygens (including phenoxy) is 4. The van der Waals surface area contributed by atoms with Crippen LogP contribution < -0.4 is 18.9 Å². The molecule has 6 fully saturated rings. The van der Waals surface area contributed by atoms with Crippen LogP contribution in [-0.2, 0) is 0 Å². The summed E-state index contributed by atoms with van der Waals surface area (Å²) in [5.41, 5.74) is 4.66. The molecular weight excluding hydrogens is 801 g/mol. The van der Waals surface area contributed by atoms with Crippen molar-refractivity contribution in [2.45, 2.75) is 50.0 Å². The van der Waals surface area contributed by atoms with Crippen molar-refractivity contribution in [2.24, 2.45) is 23.7 Å². The lowest BCUT2D eigenvalue weighted by Gasteiger charge is -2.51. The Labute approximate surface area is 373 Å². The van der Waals surface area contributed by atoms with E-state index in [9.17, 15) is 0 Å². The van der Waals surface area contributed by atoms with Crippen LogP contribution in [0.1, 0.15) is 80.9 Å². The van der Waals surface area contributed by atoms with Gasteiger partial charge in [0, 0.05) is 58.5 Å². The summed E-state index contributed by atoms with van der Waals surface area (Å²) in [5.74, 6) is 3.28. The molecule has 6 aliphatic heterocycles. The Morgan fingerprint density at radius 3 is 1.47 bits per heavy atom. The minimum atomic E-state index is -0.517. The molecule has 6 saturated heterocycles. The fourth-order valence-corrected chi connectivity index (χ4v) is 11.8. The lowest BCUT2D eigenvalue weighted by molar-refractivity contribution is -0.0368. The third kappa shape index (κ3) is 6.68. The molecule has 10 atom stereocenters. The second kappa shape index (κ2) is 16.3. The van der Waals surface area contributed by atoms with Gasteiger partial charge in [-0.2, -0.15) is 0 Å². The number of pyridine rings is 2. The molecule has 10 nitrogen and oxygen atoms in total. The number of piperidine rings is 6. The smallest absolute Gasteiger partial charge is 0.198 e. The van der Waals surface area contributed by atoms with Crippen LogP contribution in [0.25, 0.3) is 21.8 Å². The van der Waals surface area contributed by atoms with E-state index in [-0.39, 0.29) is 34.8 Å². The topological polar surface area (TPSA) is 103 Å². The Hall–Kier alpha value is -6.36. The van der Waals surface area contributed by atoms with Crippen LogP contribution in [0, 0.1) is 23.7 Å². The zero-order valence-electron chi connectivity index (χ0n) is 36.3. The lowest BCUT2D eigenvalue weighted by atomic mass is 9.73. The van der Waals surface area contributed by atoms with Crippen molar-refractivity contribution in [1.29, 1.82) is 0 Å². The predicted molar refractivity (Wildman–Crippen MR) is 247 cm³/mol. The molecule has 324 valence electrons. The summed E-state index contributed by atoms with van der Waals surface area (Å²) in [6, 6.07) is 26.6. The van der Waals surface area contributed by atoms with Gasteiger partial charge in [-0.05, 0) is 123 Å². The van der Waals surface area contributed by atoms with E-state index in [0.29, 0.717) is 57.8 Å². The minimum Gasteiger partial charge on any atom is -0.497 e. The molecule has 1 aliphatic carbocycles. The Bertz CT molecular complexity index is 2670. The highest BCUT2D eigenvalue weighted by Gasteiger charge is 2.47. The standard InChI is InChI=1S/C54H52N4O6/c1-5-31-29-57-23-19-33(31)25-45(57)53(39-17-21-55-43-13-11-35(61-3)27-41(39)43)63-47-15-16-48(50-49(47)51(59)37-9-7-8-10-38(37)52(50)60)64-54(46-26-34-20-24-58(46)30-32(34)6-2)40-18-22-56-44-14-12-36(62-4)28-42(40)44/h5-18,21-22,27-28,31-34,45-46,53-54H,1-2,19-20,23-26,29-30H2,3-4H3/t31-,32+,33+,34-,45-,46-,53-,54-/m1/s1. The summed E-state index contributed by atoms with van der Waals surface area (Å²) < 4.78 is 26.2. The first-order valence-electron chi connectivity index (χ1n) is 22.6. The zero-order chi connectivity index (χ0) is 43.6. The third-order valence-electron chi connectivity index (χ3n) is 15.1. The van der Waals surface area contributed by atoms with Crippen molar-refractivity contribution in [3.63, 3.8) is 0 Å². The van der Waals surface area contributed by atoms with E-state index >= 15 is 9.59 Å². The van der Waals surface area contributed by atoms with Crippen molar-refractivity contribution < 1.29 is 28.5 Å². The van der Waals surface area contributed by atoms with E-state index in [1.54, 1.807) is 38.5 Å². The van der Waals surface area contributed by atoms with E-state index in [0.717, 1.165) is 84.8 Å². The van der Waals surface area contributed by atoms with Gasteiger partial charge in [0.25, 0.3) is 0 Å². The molecule has 13 rings (SSSR count). The van der Waals surface area contributed by atoms with Crippen molar-refractivity contribution >= 4 is 33.4 Å². The molecule has 4 bridgehead atoms. The number of rotatable bonds is 12. The van der Waals surface area contributed by atoms with Gasteiger partial charge in [0.15, 0.2) is 11.6 Å². The predicted octanol–water partition coefficient (Wildman–Crippen LogP) is 9.61. The van der Waals surface area contributed by atoms with Gasteiger partial charge < -0.3 is 18.9 Å². The van der Waals surface area contributed by atoms with Gasteiger partial charge in [0.05, 0.1) is 48.5 Å². The van der Waals surface area contributed by atoms with E-state index in [4.69, 9.17) is 28.9 Å². The van der Waals surface area contributed by atoms with Gasteiger partial charge in [-0.15, -0.1) is 13.2 Å². The van der Waals surface area contributed by atoms with Crippen molar-refractivity contribution in [1.82, 2.24) is 19.8 Å². The molecular formula is C54H52N4O6. The molecule has 0 N–H and O–H groups in total. The van der Waals surface area contributed by atoms with Crippen LogP contribution in [0.5, 0.6) is 23.0 Å². The van der Waals surface area contributed by atoms with E-state index in [1.165, 1.54) is 0 Å². The average molecular weight is 853 g/mol. The Morgan fingerprint density at radius 1 is 0.625 bits per heavy atom. The Kier molecular flexibility index (Phi) is 10.3. The molecule has 10 heteroatoms. The molecule has 0 radical (unpaired) electrons. The number of fused-ring (bicyclic) bond motifs is 10. The Morgan fingerprint density at radius 2 is 1.08 bits per heavy atom. The third-order valence-corrected chi connectivity index (χ3v) is 15.1. The maximum absolute atomic E-state index is 15.1. The van der Waals surface area contributed by atoms with Crippen LogP contribution in [0.4, 0.5) is 0 Å². The van der Waals surface area contributed by atoms with Crippen LogP contribution >= 0.6 is 0 Å². The normalized spacial score (nSPS) is 26.5. The average Bonchev–Trinajstić information content (AvgIpc) is 3.36. The summed E-state index contributed by atoms with van der Waals surface area (Å²) in [6.45, 7) is 12.0. The van der Waals surface area contributed by atoms with Crippen LogP contribution in [0.3, 0.4) is 0 Å². The highest BCUT2D eigenvalue weighted by molar-refractivity contribution is 6.30. The monoisotopic (exact) mass is 852 g/mol. The molecule has 7 aliphatic rings. The van der Waals surface area contributed by atoms with Gasteiger partial charge >= 0.3 is 0 Å². The number of carbonyl (C=O) groups excluding carboxylic acids is 2. The Balaban J connectivity index is 1.07. The van der Waals surface area contributed by atoms with Crippen molar-refractivity contribution in [2.75, 3.05) is 40.4 Å². The summed E-state index contributed by atoms with van der Waals surface area (Å²) in [7, 11) is 3.32. The highest BCUT2D eigenvalue weighted by atomic mass is 16.5. The summed E-state index contributed by atoms with van der Waals surface area (Å²) in [4.78, 5) is 44.7. The van der Waals surface area contributed by atoms with Gasteiger partial charge in [0.2, 0.25) is 0 Å². The highest BCUT2D eigenvalue weighted by Crippen LogP contribution is 2.49. The molecule has 0 spiro atoms. The van der Waals surface area contributed by atoms with E-state index in [2.05, 4.69) is 35.1 Å². The van der Waals surface area contributed by atoms with Crippen LogP contribution in [0.2, 0.25) is 0 Å². The number of nitrogens with zero attached hydrogens (tertiary/aromatic N) is 4. The van der Waals surface area contributed by atoms with Gasteiger partial charge in [-0.3, -0.25) is 29.4 Å². The molecule has 8 heterocycles. The van der Waals surface area contributed by atoms with Crippen molar-refractivity contribution in [3.8, 4) is 23.0 Å². The van der Waals surface area contributed by atoms with Crippen LogP contribution in [0.15, 0.2) is 123 Å². The summed E-state index contributed by atoms with van der Waals surface area (Å²) in [5, 5.41) is 1.83. The largest absolute Gasteiger partial charge is 0.497 e. The van der Waals surface area contributed by atoms with Gasteiger partial charge in [0.1, 0.15) is 35.2 Å². The molecule has 6 aromatic rings. The second-order valence-corrected chi connectivity index (χ2v) is 18.2. The van der Waals surface area contributed by atoms with Crippen molar-refractivity contribution in [3.05, 3.63) is 156 Å². The molecule has 64 heavy (non-hydrogen) atoms. The molecule has 2 aromatic heterocycles. The molecule has 4 aromatic carbocycles. The first-order valence-corrected chi connectivity index (χ1v) is 22.6. The van der Waals surface area contributed by atoms with Gasteiger partial charge in [-0.25, -0.2) is 0 Å². The van der Waals surface area contributed by atoms with Gasteiger partial charge in [-0.1, -0.05) is 36.4 Å². The number of methoxy groups -OCH3 is 2. The number of carbonyl (C=O) groups is 2. The number of benzene rings is 4. The fourth-order valence-electron chi connectivity index (χ4n) is 11.8. The first-order chi connectivity index (χ1) is 31.3. The zero-order valence-corrected chi connectivity index (χ0v) is 36.3. The van der Waals surface area contributed by atoms with E-state index < -0.39 is 12.2 Å². The molecule has 0 amide bonds. The number of hydrogen-bond acceptors (Lipinski definition) is 10. The van der Waals surface area contributed by atoms with Crippen LogP contribution in [-0.4, -0.2) is 83.8 Å². The second-order valence-electron chi connectivity index (χ2n) is 18.2. The SMILES string of the molecule is C=C[C@@H]1CN2CC[C@H]1C[C@@H]2[C@H](Oc1ccc(O[C@H](c2ccnc3ccc(OC)cc23)[C@H]2C[C@H]3CCN2C[C@@H]3C=C)c2c1C(=O)c1ccccc1C2=O)c1ccnc2ccc(OC)cc12. The fraction of sp³-hybridized carbons (Fsp3) is 0.333. The molecule has 0 saturated carbocycles. The maximum Gasteiger partial charge on any atom is 0.198 e. The van der Waals surface area contributed by atoms with E-state index in [1.807, 2.05) is 73.1 Å². The number of aromatic nitrogens is 2. The number of hydrogen-bond donors (Lipinski definition) is 0.